The maximum absolute atomic E-state index is 13.2. The van der Waals surface area contributed by atoms with Crippen LogP contribution in [0.4, 0.5) is 5.69 Å². The Morgan fingerprint density at radius 3 is 2.51 bits per heavy atom. The van der Waals surface area contributed by atoms with E-state index in [4.69, 9.17) is 14.2 Å². The number of rotatable bonds is 7. The van der Waals surface area contributed by atoms with Crippen molar-refractivity contribution in [3.8, 4) is 34.2 Å². The molecule has 1 aromatic heterocycles. The number of aromatic nitrogens is 2. The van der Waals surface area contributed by atoms with E-state index in [1.165, 1.54) is 16.8 Å². The predicted molar refractivity (Wildman–Crippen MR) is 126 cm³/mol. The lowest BCUT2D eigenvalue weighted by molar-refractivity contribution is -0.384. The largest absolute Gasteiger partial charge is 0.497 e. The van der Waals surface area contributed by atoms with Gasteiger partial charge in [-0.1, -0.05) is 6.07 Å². The Morgan fingerprint density at radius 2 is 1.80 bits per heavy atom. The Hall–Kier alpha value is -4.86. The summed E-state index contributed by atoms with van der Waals surface area (Å²) >= 11 is 0. The standard InChI is InChI=1S/C25H20N4O6/c1-33-20-9-3-17(4-10-20)21-13-22(28(27-21)18-5-7-19(8-6-18)29(31)32)25(30)26-14-16-2-11-23-24(12-16)35-15-34-23/h2-13H,14-15H2,1H3,(H,26,30). The summed E-state index contributed by atoms with van der Waals surface area (Å²) in [6.45, 7) is 0.437. The van der Waals surface area contributed by atoms with Gasteiger partial charge in [0, 0.05) is 24.2 Å². The first-order valence-electron chi connectivity index (χ1n) is 10.7. The third-order valence-electron chi connectivity index (χ3n) is 5.52. The lowest BCUT2D eigenvalue weighted by Gasteiger charge is -2.09. The SMILES string of the molecule is COc1ccc(-c2cc(C(=O)NCc3ccc4c(c3)OCO4)n(-c3ccc([N+](=O)[O-])cc3)n2)cc1. The van der Waals surface area contributed by atoms with Crippen molar-refractivity contribution >= 4 is 11.6 Å². The van der Waals surface area contributed by atoms with E-state index in [2.05, 4.69) is 10.4 Å². The zero-order valence-electron chi connectivity index (χ0n) is 18.6. The van der Waals surface area contributed by atoms with Crippen LogP contribution in [0.3, 0.4) is 0 Å². The maximum atomic E-state index is 13.2. The predicted octanol–water partition coefficient (Wildman–Crippen LogP) is 4.11. The molecule has 1 aliphatic rings. The molecule has 1 aliphatic heterocycles. The van der Waals surface area contributed by atoms with Crippen LogP contribution in [0.2, 0.25) is 0 Å². The second kappa shape index (κ2) is 9.18. The van der Waals surface area contributed by atoms with E-state index in [0.29, 0.717) is 28.6 Å². The zero-order valence-corrected chi connectivity index (χ0v) is 18.6. The van der Waals surface area contributed by atoms with Crippen LogP contribution in [0.15, 0.2) is 72.8 Å². The van der Waals surface area contributed by atoms with Gasteiger partial charge in [-0.3, -0.25) is 14.9 Å². The van der Waals surface area contributed by atoms with E-state index in [1.54, 1.807) is 43.5 Å². The second-order valence-corrected chi connectivity index (χ2v) is 7.70. The molecule has 0 unspecified atom stereocenters. The highest BCUT2D eigenvalue weighted by molar-refractivity contribution is 5.94. The number of nitro groups is 1. The third-order valence-corrected chi connectivity index (χ3v) is 5.52. The van der Waals surface area contributed by atoms with Crippen LogP contribution in [0.25, 0.3) is 16.9 Å². The van der Waals surface area contributed by atoms with Crippen molar-refractivity contribution in [2.45, 2.75) is 6.54 Å². The average Bonchev–Trinajstić information content (AvgIpc) is 3.54. The fourth-order valence-electron chi connectivity index (χ4n) is 3.68. The fourth-order valence-corrected chi connectivity index (χ4v) is 3.68. The third kappa shape index (κ3) is 4.49. The number of ether oxygens (including phenoxy) is 3. The lowest BCUT2D eigenvalue weighted by atomic mass is 10.1. The van der Waals surface area contributed by atoms with Gasteiger partial charge in [0.2, 0.25) is 6.79 Å². The van der Waals surface area contributed by atoms with Gasteiger partial charge in [0.25, 0.3) is 11.6 Å². The Bertz CT molecular complexity index is 1400. The molecule has 4 aromatic rings. The first-order valence-corrected chi connectivity index (χ1v) is 10.7. The number of non-ortho nitro benzene ring substituents is 1. The molecular formula is C25H20N4O6. The summed E-state index contributed by atoms with van der Waals surface area (Å²) in [4.78, 5) is 23.8. The Kier molecular flexibility index (Phi) is 5.76. The summed E-state index contributed by atoms with van der Waals surface area (Å²) in [6, 6.07) is 20.3. The number of nitrogens with zero attached hydrogens (tertiary/aromatic N) is 3. The lowest BCUT2D eigenvalue weighted by Crippen LogP contribution is -2.25. The van der Waals surface area contributed by atoms with Crippen LogP contribution >= 0.6 is 0 Å². The molecule has 0 saturated heterocycles. The normalized spacial score (nSPS) is 11.8. The molecule has 0 saturated carbocycles. The number of fused-ring (bicyclic) bond motifs is 1. The van der Waals surface area contributed by atoms with E-state index in [0.717, 1.165) is 11.1 Å². The summed E-state index contributed by atoms with van der Waals surface area (Å²) < 4.78 is 17.4. The van der Waals surface area contributed by atoms with Crippen molar-refractivity contribution in [3.63, 3.8) is 0 Å². The number of carbonyl (C=O) groups is 1. The van der Waals surface area contributed by atoms with Gasteiger partial charge in [0.1, 0.15) is 11.4 Å². The topological polar surface area (TPSA) is 118 Å². The Balaban J connectivity index is 1.45. The van der Waals surface area contributed by atoms with E-state index in [1.807, 2.05) is 24.3 Å². The number of carbonyl (C=O) groups excluding carboxylic acids is 1. The van der Waals surface area contributed by atoms with E-state index >= 15 is 0 Å². The number of nitro benzene ring substituents is 1. The molecule has 5 rings (SSSR count). The summed E-state index contributed by atoms with van der Waals surface area (Å²) in [5, 5.41) is 18.6. The van der Waals surface area contributed by atoms with Crippen molar-refractivity contribution in [2.75, 3.05) is 13.9 Å². The van der Waals surface area contributed by atoms with Crippen LogP contribution in [0.5, 0.6) is 17.2 Å². The first kappa shape index (κ1) is 22.0. The molecule has 0 atom stereocenters. The summed E-state index contributed by atoms with van der Waals surface area (Å²) in [7, 11) is 1.58. The van der Waals surface area contributed by atoms with Crippen LogP contribution in [-0.2, 0) is 6.54 Å². The molecule has 0 bridgehead atoms. The van der Waals surface area contributed by atoms with Crippen molar-refractivity contribution in [2.24, 2.45) is 0 Å². The fraction of sp³-hybridized carbons (Fsp3) is 0.120. The minimum Gasteiger partial charge on any atom is -0.497 e. The molecule has 0 aliphatic carbocycles. The summed E-state index contributed by atoms with van der Waals surface area (Å²) in [5.41, 5.74) is 2.95. The van der Waals surface area contributed by atoms with Gasteiger partial charge < -0.3 is 19.5 Å². The van der Waals surface area contributed by atoms with Crippen LogP contribution in [-0.4, -0.2) is 34.5 Å². The van der Waals surface area contributed by atoms with Crippen molar-refractivity contribution < 1.29 is 23.9 Å². The van der Waals surface area contributed by atoms with Gasteiger partial charge in [-0.05, 0) is 60.2 Å². The van der Waals surface area contributed by atoms with Gasteiger partial charge in [-0.15, -0.1) is 0 Å². The van der Waals surface area contributed by atoms with E-state index in [9.17, 15) is 14.9 Å². The quantitative estimate of drug-likeness (QED) is 0.318. The van der Waals surface area contributed by atoms with Gasteiger partial charge in [-0.2, -0.15) is 5.10 Å². The van der Waals surface area contributed by atoms with E-state index in [-0.39, 0.29) is 30.6 Å². The summed E-state index contributed by atoms with van der Waals surface area (Å²) in [6.07, 6.45) is 0. The molecule has 0 radical (unpaired) electrons. The first-order chi connectivity index (χ1) is 17.0. The van der Waals surface area contributed by atoms with Gasteiger partial charge in [0.15, 0.2) is 11.5 Å². The highest BCUT2D eigenvalue weighted by atomic mass is 16.7. The number of hydrogen-bond acceptors (Lipinski definition) is 7. The van der Waals surface area contributed by atoms with Crippen molar-refractivity contribution in [1.82, 2.24) is 15.1 Å². The molecule has 0 fully saturated rings. The average molecular weight is 472 g/mol. The monoisotopic (exact) mass is 472 g/mol. The molecule has 0 spiro atoms. The molecule has 1 N–H and O–H groups in total. The maximum Gasteiger partial charge on any atom is 0.270 e. The van der Waals surface area contributed by atoms with Gasteiger partial charge in [0.05, 0.1) is 23.4 Å². The molecular weight excluding hydrogens is 452 g/mol. The molecule has 10 heteroatoms. The minimum absolute atomic E-state index is 0.0508. The van der Waals surface area contributed by atoms with Gasteiger partial charge in [-0.25, -0.2) is 4.68 Å². The molecule has 2 heterocycles. The highest BCUT2D eigenvalue weighted by Gasteiger charge is 2.19. The van der Waals surface area contributed by atoms with Crippen LogP contribution in [0, 0.1) is 10.1 Å². The smallest absolute Gasteiger partial charge is 0.270 e. The van der Waals surface area contributed by atoms with Crippen molar-refractivity contribution in [1.29, 1.82) is 0 Å². The highest BCUT2D eigenvalue weighted by Crippen LogP contribution is 2.32. The summed E-state index contributed by atoms with van der Waals surface area (Å²) in [5.74, 6) is 1.65. The number of hydrogen-bond donors (Lipinski definition) is 1. The second-order valence-electron chi connectivity index (χ2n) is 7.70. The Morgan fingerprint density at radius 1 is 1.06 bits per heavy atom. The van der Waals surface area contributed by atoms with E-state index < -0.39 is 4.92 Å². The number of nitrogens with one attached hydrogen (secondary N) is 1. The molecule has 3 aromatic carbocycles. The van der Waals surface area contributed by atoms with Gasteiger partial charge >= 0.3 is 0 Å². The van der Waals surface area contributed by atoms with Crippen molar-refractivity contribution in [3.05, 3.63) is 94.2 Å². The Labute approximate surface area is 199 Å². The molecule has 1 amide bonds. The van der Waals surface area contributed by atoms with Crippen LogP contribution in [0.1, 0.15) is 16.1 Å². The number of methoxy groups -OCH3 is 1. The van der Waals surface area contributed by atoms with Crippen LogP contribution < -0.4 is 19.5 Å². The number of benzene rings is 3. The molecule has 10 nitrogen and oxygen atoms in total. The zero-order chi connectivity index (χ0) is 24.4. The molecule has 35 heavy (non-hydrogen) atoms. The minimum atomic E-state index is -0.478. The molecule has 176 valence electrons. The number of amides is 1.